The minimum Gasteiger partial charge on any atom is -0.399 e. The third-order valence-electron chi connectivity index (χ3n) is 2.97. The van der Waals surface area contributed by atoms with E-state index in [1.807, 2.05) is 6.92 Å². The lowest BCUT2D eigenvalue weighted by Crippen LogP contribution is -2.58. The molecule has 0 radical (unpaired) electrons. The second-order valence-corrected chi connectivity index (χ2v) is 5.11. The largest absolute Gasteiger partial charge is 0.399 e. The number of rotatable bonds is 2. The molecule has 102 valence electrons. The summed E-state index contributed by atoms with van der Waals surface area (Å²) in [5.74, 6) is -0.721. The molecule has 0 bridgehead atoms. The molecule has 5 nitrogen and oxygen atoms in total. The van der Waals surface area contributed by atoms with Crippen molar-refractivity contribution in [3.05, 3.63) is 22.2 Å². The molecular formula is C12H13Cl2N3O2. The Hall–Kier alpha value is -1.46. The number of anilines is 2. The van der Waals surface area contributed by atoms with Crippen LogP contribution < -0.4 is 16.0 Å². The van der Waals surface area contributed by atoms with Gasteiger partial charge in [0.2, 0.25) is 11.8 Å². The molecule has 0 spiro atoms. The predicted molar refractivity (Wildman–Crippen MR) is 75.4 cm³/mol. The Morgan fingerprint density at radius 3 is 2.47 bits per heavy atom. The minimum absolute atomic E-state index is 0.0353. The normalized spacial score (nSPS) is 19.5. The van der Waals surface area contributed by atoms with Gasteiger partial charge in [0.05, 0.1) is 22.3 Å². The molecule has 1 atom stereocenters. The van der Waals surface area contributed by atoms with Gasteiger partial charge in [-0.3, -0.25) is 14.9 Å². The summed E-state index contributed by atoms with van der Waals surface area (Å²) < 4.78 is 0. The van der Waals surface area contributed by atoms with Crippen molar-refractivity contribution in [3.8, 4) is 0 Å². The van der Waals surface area contributed by atoms with Crippen LogP contribution >= 0.6 is 23.2 Å². The Labute approximate surface area is 120 Å². The molecule has 1 unspecified atom stereocenters. The molecule has 1 aliphatic heterocycles. The standard InChI is InChI=1S/C12H13Cl2N3O2/c1-2-9-12(19)16-10(18)5-17(9)11-7(13)3-6(15)4-8(11)14/h3-4,9H,2,5,15H2,1H3,(H,16,18,19). The van der Waals surface area contributed by atoms with E-state index in [2.05, 4.69) is 5.32 Å². The number of amides is 2. The topological polar surface area (TPSA) is 75.4 Å². The molecule has 19 heavy (non-hydrogen) atoms. The van der Waals surface area contributed by atoms with E-state index >= 15 is 0 Å². The third kappa shape index (κ3) is 2.62. The number of piperazine rings is 1. The SMILES string of the molecule is CCC1C(=O)NC(=O)CN1c1c(Cl)cc(N)cc1Cl. The Morgan fingerprint density at radius 1 is 1.37 bits per heavy atom. The molecule has 1 aromatic rings. The van der Waals surface area contributed by atoms with E-state index in [0.717, 1.165) is 0 Å². The highest BCUT2D eigenvalue weighted by Crippen LogP contribution is 2.37. The van der Waals surface area contributed by atoms with Crippen LogP contribution in [0.3, 0.4) is 0 Å². The number of carbonyl (C=O) groups excluding carboxylic acids is 2. The van der Waals surface area contributed by atoms with E-state index in [0.29, 0.717) is 27.8 Å². The van der Waals surface area contributed by atoms with Gasteiger partial charge in [-0.1, -0.05) is 30.1 Å². The van der Waals surface area contributed by atoms with Gasteiger partial charge < -0.3 is 10.6 Å². The first-order valence-corrected chi connectivity index (χ1v) is 6.54. The van der Waals surface area contributed by atoms with Gasteiger partial charge in [-0.05, 0) is 18.6 Å². The maximum atomic E-state index is 11.8. The van der Waals surface area contributed by atoms with Crippen LogP contribution in [0.4, 0.5) is 11.4 Å². The summed E-state index contributed by atoms with van der Waals surface area (Å²) >= 11 is 12.3. The van der Waals surface area contributed by atoms with Gasteiger partial charge in [-0.25, -0.2) is 0 Å². The maximum Gasteiger partial charge on any atom is 0.249 e. The monoisotopic (exact) mass is 301 g/mol. The molecular weight excluding hydrogens is 289 g/mol. The lowest BCUT2D eigenvalue weighted by atomic mass is 10.1. The lowest BCUT2D eigenvalue weighted by molar-refractivity contribution is -0.132. The number of benzene rings is 1. The van der Waals surface area contributed by atoms with Crippen LogP contribution in [0, 0.1) is 0 Å². The Balaban J connectivity index is 2.49. The highest BCUT2D eigenvalue weighted by Gasteiger charge is 2.34. The zero-order valence-corrected chi connectivity index (χ0v) is 11.8. The highest BCUT2D eigenvalue weighted by atomic mass is 35.5. The molecule has 0 saturated carbocycles. The summed E-state index contributed by atoms with van der Waals surface area (Å²) in [6.07, 6.45) is 0.538. The molecule has 3 N–H and O–H groups in total. The summed E-state index contributed by atoms with van der Waals surface area (Å²) in [7, 11) is 0. The van der Waals surface area contributed by atoms with Crippen LogP contribution in [0.25, 0.3) is 0 Å². The molecule has 2 rings (SSSR count). The number of imide groups is 1. The summed E-state index contributed by atoms with van der Waals surface area (Å²) in [6, 6.07) is 2.62. The second-order valence-electron chi connectivity index (χ2n) is 4.30. The van der Waals surface area contributed by atoms with Crippen LogP contribution in [0.15, 0.2) is 12.1 Å². The van der Waals surface area contributed by atoms with E-state index in [1.54, 1.807) is 17.0 Å². The molecule has 7 heteroatoms. The van der Waals surface area contributed by atoms with Gasteiger partial charge in [0.1, 0.15) is 6.04 Å². The Morgan fingerprint density at radius 2 is 1.95 bits per heavy atom. The minimum atomic E-state index is -0.476. The molecule has 0 aromatic heterocycles. The van der Waals surface area contributed by atoms with Gasteiger partial charge in [0.25, 0.3) is 0 Å². The molecule has 2 amide bonds. The molecule has 1 heterocycles. The first kappa shape index (κ1) is 14.0. The van der Waals surface area contributed by atoms with Crippen molar-refractivity contribution in [2.24, 2.45) is 0 Å². The first-order chi connectivity index (χ1) is 8.93. The van der Waals surface area contributed by atoms with E-state index in [-0.39, 0.29) is 18.4 Å². The predicted octanol–water partition coefficient (Wildman–Crippen LogP) is 1.82. The smallest absolute Gasteiger partial charge is 0.249 e. The second kappa shape index (κ2) is 5.27. The fourth-order valence-corrected chi connectivity index (χ4v) is 2.89. The highest BCUT2D eigenvalue weighted by molar-refractivity contribution is 6.39. The van der Waals surface area contributed by atoms with Crippen LogP contribution in [0.1, 0.15) is 13.3 Å². The van der Waals surface area contributed by atoms with Gasteiger partial charge in [0.15, 0.2) is 0 Å². The summed E-state index contributed by atoms with van der Waals surface area (Å²) in [6.45, 7) is 1.89. The quantitative estimate of drug-likeness (QED) is 0.645. The number of nitrogens with zero attached hydrogens (tertiary/aromatic N) is 1. The lowest BCUT2D eigenvalue weighted by Gasteiger charge is -2.36. The average molecular weight is 302 g/mol. The van der Waals surface area contributed by atoms with Gasteiger partial charge in [0, 0.05) is 5.69 Å². The van der Waals surface area contributed by atoms with Crippen molar-refractivity contribution in [2.45, 2.75) is 19.4 Å². The van der Waals surface area contributed by atoms with Crippen molar-refractivity contribution in [1.29, 1.82) is 0 Å². The van der Waals surface area contributed by atoms with Gasteiger partial charge >= 0.3 is 0 Å². The van der Waals surface area contributed by atoms with Crippen molar-refractivity contribution in [1.82, 2.24) is 5.32 Å². The van der Waals surface area contributed by atoms with Crippen LogP contribution in [0.5, 0.6) is 0 Å². The Bertz CT molecular complexity index is 525. The van der Waals surface area contributed by atoms with Crippen molar-refractivity contribution in [2.75, 3.05) is 17.2 Å². The van der Waals surface area contributed by atoms with E-state index in [4.69, 9.17) is 28.9 Å². The number of nitrogen functional groups attached to an aromatic ring is 1. The summed E-state index contributed by atoms with van der Waals surface area (Å²) in [4.78, 5) is 25.0. The number of nitrogens with two attached hydrogens (primary N) is 1. The maximum absolute atomic E-state index is 11.8. The molecule has 0 aliphatic carbocycles. The summed E-state index contributed by atoms with van der Waals surface area (Å²) in [5, 5.41) is 2.95. The zero-order chi connectivity index (χ0) is 14.2. The zero-order valence-electron chi connectivity index (χ0n) is 10.2. The van der Waals surface area contributed by atoms with E-state index < -0.39 is 6.04 Å². The van der Waals surface area contributed by atoms with Crippen molar-refractivity contribution < 1.29 is 9.59 Å². The molecule has 1 fully saturated rings. The number of halogens is 2. The van der Waals surface area contributed by atoms with Gasteiger partial charge in [-0.15, -0.1) is 0 Å². The first-order valence-electron chi connectivity index (χ1n) is 5.79. The number of carbonyl (C=O) groups is 2. The molecule has 1 saturated heterocycles. The number of hydrogen-bond donors (Lipinski definition) is 2. The van der Waals surface area contributed by atoms with Crippen LogP contribution in [-0.4, -0.2) is 24.4 Å². The fraction of sp³-hybridized carbons (Fsp3) is 0.333. The van der Waals surface area contributed by atoms with E-state index in [1.165, 1.54) is 0 Å². The Kier molecular flexibility index (Phi) is 3.87. The number of hydrogen-bond acceptors (Lipinski definition) is 4. The number of nitrogens with one attached hydrogen (secondary N) is 1. The fourth-order valence-electron chi connectivity index (χ4n) is 2.17. The van der Waals surface area contributed by atoms with Crippen LogP contribution in [-0.2, 0) is 9.59 Å². The van der Waals surface area contributed by atoms with Crippen molar-refractivity contribution in [3.63, 3.8) is 0 Å². The van der Waals surface area contributed by atoms with Crippen LogP contribution in [0.2, 0.25) is 10.0 Å². The molecule has 1 aromatic carbocycles. The van der Waals surface area contributed by atoms with E-state index in [9.17, 15) is 9.59 Å². The van der Waals surface area contributed by atoms with Gasteiger partial charge in [-0.2, -0.15) is 0 Å². The summed E-state index contributed by atoms with van der Waals surface area (Å²) in [5.41, 5.74) is 6.54. The molecule has 1 aliphatic rings. The van der Waals surface area contributed by atoms with Crippen molar-refractivity contribution >= 4 is 46.4 Å². The average Bonchev–Trinajstić information content (AvgIpc) is 2.26. The third-order valence-corrected chi connectivity index (χ3v) is 3.54.